The Morgan fingerprint density at radius 2 is 2.04 bits per heavy atom. The highest BCUT2D eigenvalue weighted by atomic mass is 16.6. The summed E-state index contributed by atoms with van der Waals surface area (Å²) in [4.78, 5) is 21.9. The zero-order valence-electron chi connectivity index (χ0n) is 14.3. The number of anilines is 2. The molecule has 1 aliphatic rings. The van der Waals surface area contributed by atoms with Gasteiger partial charge in [-0.15, -0.1) is 0 Å². The Morgan fingerprint density at radius 1 is 1.39 bits per heavy atom. The summed E-state index contributed by atoms with van der Waals surface area (Å²) in [6.45, 7) is 10.2. The molecule has 1 aromatic rings. The van der Waals surface area contributed by atoms with Gasteiger partial charge in [0.2, 0.25) is 11.8 Å². The maximum atomic E-state index is 12.3. The fourth-order valence-corrected chi connectivity index (χ4v) is 2.51. The summed E-state index contributed by atoms with van der Waals surface area (Å²) in [6.07, 6.45) is 0.132. The third-order valence-electron chi connectivity index (χ3n) is 3.47. The summed E-state index contributed by atoms with van der Waals surface area (Å²) in [6, 6.07) is 0. The number of likely N-dealkylation sites (N-methyl/N-ethyl adjacent to an activating group) is 1. The fourth-order valence-electron chi connectivity index (χ4n) is 2.51. The quantitative estimate of drug-likeness (QED) is 0.867. The van der Waals surface area contributed by atoms with Gasteiger partial charge in [0.15, 0.2) is 0 Å². The average molecular weight is 323 g/mol. The molecular weight excluding hydrogens is 298 g/mol. The minimum absolute atomic E-state index is 0.0741. The molecule has 4 N–H and O–H groups in total. The fraction of sp³-hybridized carbons (Fsp3) is 0.667. The van der Waals surface area contributed by atoms with Gasteiger partial charge in [0.1, 0.15) is 17.0 Å². The second kappa shape index (κ2) is 5.75. The van der Waals surface area contributed by atoms with Crippen molar-refractivity contribution in [2.45, 2.75) is 52.2 Å². The van der Waals surface area contributed by atoms with Crippen molar-refractivity contribution in [2.75, 3.05) is 24.6 Å². The van der Waals surface area contributed by atoms with E-state index in [4.69, 9.17) is 20.9 Å². The number of carbonyl (C=O) groups is 1. The van der Waals surface area contributed by atoms with E-state index in [9.17, 15) is 4.79 Å². The van der Waals surface area contributed by atoms with Crippen molar-refractivity contribution < 1.29 is 14.3 Å². The Hall–Kier alpha value is -2.25. The molecule has 1 atom stereocenters. The van der Waals surface area contributed by atoms with Gasteiger partial charge >= 0.3 is 6.09 Å². The van der Waals surface area contributed by atoms with Gasteiger partial charge in [-0.2, -0.15) is 9.97 Å². The SMILES string of the molecule is CCN(C[C@@]1(C)Cc2c(N)nc(N)nc2O1)C(=O)OC(C)(C)C. The molecule has 2 rings (SSSR count). The Balaban J connectivity index is 2.13. The van der Waals surface area contributed by atoms with Gasteiger partial charge in [-0.1, -0.05) is 0 Å². The van der Waals surface area contributed by atoms with E-state index >= 15 is 0 Å². The van der Waals surface area contributed by atoms with Crippen LogP contribution in [-0.2, 0) is 11.2 Å². The van der Waals surface area contributed by atoms with Crippen molar-refractivity contribution in [1.82, 2.24) is 14.9 Å². The van der Waals surface area contributed by atoms with Crippen molar-refractivity contribution in [3.05, 3.63) is 5.56 Å². The van der Waals surface area contributed by atoms with Gasteiger partial charge in [0.05, 0.1) is 12.1 Å². The number of nitrogen functional groups attached to an aromatic ring is 2. The average Bonchev–Trinajstić information content (AvgIpc) is 2.71. The lowest BCUT2D eigenvalue weighted by Crippen LogP contribution is -2.48. The second-order valence-electron chi connectivity index (χ2n) is 6.97. The number of rotatable bonds is 3. The van der Waals surface area contributed by atoms with Crippen LogP contribution in [0.4, 0.5) is 16.6 Å². The predicted octanol–water partition coefficient (Wildman–Crippen LogP) is 1.59. The standard InChI is InChI=1S/C15H25N5O3/c1-6-20(13(21)23-14(2,3)4)8-15(5)7-9-10(16)18-12(17)19-11(9)22-15/h6-8H2,1-5H3,(H4,16,17,18,19)/t15-/m1/s1. The molecule has 0 unspecified atom stereocenters. The number of ether oxygens (including phenoxy) is 2. The first kappa shape index (κ1) is 17.1. The zero-order valence-corrected chi connectivity index (χ0v) is 14.3. The summed E-state index contributed by atoms with van der Waals surface area (Å²) in [5.74, 6) is 0.777. The number of fused-ring (bicyclic) bond motifs is 1. The number of aromatic nitrogens is 2. The van der Waals surface area contributed by atoms with Crippen LogP contribution >= 0.6 is 0 Å². The van der Waals surface area contributed by atoms with Crippen molar-refractivity contribution in [3.8, 4) is 5.88 Å². The first-order valence-electron chi connectivity index (χ1n) is 7.62. The predicted molar refractivity (Wildman–Crippen MR) is 87.1 cm³/mol. The molecule has 0 bridgehead atoms. The summed E-state index contributed by atoms with van der Waals surface area (Å²) >= 11 is 0. The molecule has 1 amide bonds. The van der Waals surface area contributed by atoms with Crippen LogP contribution in [0.5, 0.6) is 5.88 Å². The summed E-state index contributed by atoms with van der Waals surface area (Å²) in [7, 11) is 0. The summed E-state index contributed by atoms with van der Waals surface area (Å²) < 4.78 is 11.3. The highest BCUT2D eigenvalue weighted by molar-refractivity contribution is 5.68. The van der Waals surface area contributed by atoms with E-state index in [0.29, 0.717) is 31.2 Å². The highest BCUT2D eigenvalue weighted by Crippen LogP contribution is 2.37. The van der Waals surface area contributed by atoms with Crippen molar-refractivity contribution in [2.24, 2.45) is 0 Å². The molecule has 2 heterocycles. The Kier molecular flexibility index (Phi) is 4.28. The van der Waals surface area contributed by atoms with Crippen LogP contribution in [-0.4, -0.2) is 45.3 Å². The largest absolute Gasteiger partial charge is 0.469 e. The van der Waals surface area contributed by atoms with E-state index in [2.05, 4.69) is 9.97 Å². The van der Waals surface area contributed by atoms with Crippen LogP contribution in [0, 0.1) is 0 Å². The maximum absolute atomic E-state index is 12.3. The molecule has 0 saturated heterocycles. The van der Waals surface area contributed by atoms with Crippen molar-refractivity contribution in [1.29, 1.82) is 0 Å². The van der Waals surface area contributed by atoms with Crippen LogP contribution < -0.4 is 16.2 Å². The van der Waals surface area contributed by atoms with Crippen molar-refractivity contribution in [3.63, 3.8) is 0 Å². The number of carbonyl (C=O) groups excluding carboxylic acids is 1. The molecule has 23 heavy (non-hydrogen) atoms. The normalized spacial score (nSPS) is 19.9. The van der Waals surface area contributed by atoms with E-state index in [1.807, 2.05) is 34.6 Å². The third kappa shape index (κ3) is 3.94. The smallest absolute Gasteiger partial charge is 0.410 e. The van der Waals surface area contributed by atoms with Gasteiger partial charge < -0.3 is 25.8 Å². The molecule has 8 heteroatoms. The first-order valence-corrected chi connectivity index (χ1v) is 7.62. The molecule has 0 fully saturated rings. The minimum Gasteiger partial charge on any atom is -0.469 e. The van der Waals surface area contributed by atoms with Gasteiger partial charge in [-0.25, -0.2) is 4.79 Å². The number of hydrogen-bond donors (Lipinski definition) is 2. The number of nitrogens with two attached hydrogens (primary N) is 2. The lowest BCUT2D eigenvalue weighted by Gasteiger charge is -2.32. The molecule has 8 nitrogen and oxygen atoms in total. The molecule has 128 valence electrons. The number of nitrogens with zero attached hydrogens (tertiary/aromatic N) is 3. The van der Waals surface area contributed by atoms with Gasteiger partial charge in [0.25, 0.3) is 0 Å². The van der Waals surface area contributed by atoms with E-state index in [1.165, 1.54) is 0 Å². The Bertz CT molecular complexity index is 614. The topological polar surface area (TPSA) is 117 Å². The van der Waals surface area contributed by atoms with Crippen LogP contribution in [0.1, 0.15) is 40.2 Å². The van der Waals surface area contributed by atoms with E-state index < -0.39 is 11.2 Å². The first-order chi connectivity index (χ1) is 10.5. The van der Waals surface area contributed by atoms with Crippen molar-refractivity contribution >= 4 is 17.9 Å². The molecule has 0 radical (unpaired) electrons. The minimum atomic E-state index is -0.647. The molecule has 1 aromatic heterocycles. The molecule has 0 aliphatic carbocycles. The molecule has 0 aromatic carbocycles. The van der Waals surface area contributed by atoms with Crippen LogP contribution in [0.25, 0.3) is 0 Å². The Labute approximate surface area is 136 Å². The molecule has 0 spiro atoms. The number of amides is 1. The van der Waals surface area contributed by atoms with Crippen LogP contribution in [0.3, 0.4) is 0 Å². The van der Waals surface area contributed by atoms with Crippen LogP contribution in [0.15, 0.2) is 0 Å². The van der Waals surface area contributed by atoms with Crippen LogP contribution in [0.2, 0.25) is 0 Å². The van der Waals surface area contributed by atoms with E-state index in [-0.39, 0.29) is 12.0 Å². The highest BCUT2D eigenvalue weighted by Gasteiger charge is 2.40. The molecular formula is C15H25N5O3. The summed E-state index contributed by atoms with van der Waals surface area (Å²) in [5.41, 5.74) is 11.0. The lowest BCUT2D eigenvalue weighted by atomic mass is 9.99. The molecule has 0 saturated carbocycles. The van der Waals surface area contributed by atoms with Gasteiger partial charge in [0, 0.05) is 13.0 Å². The Morgan fingerprint density at radius 3 is 2.61 bits per heavy atom. The maximum Gasteiger partial charge on any atom is 0.410 e. The summed E-state index contributed by atoms with van der Waals surface area (Å²) in [5, 5.41) is 0. The zero-order chi connectivity index (χ0) is 17.4. The number of hydrogen-bond acceptors (Lipinski definition) is 7. The molecule has 1 aliphatic heterocycles. The second-order valence-corrected chi connectivity index (χ2v) is 6.97. The van der Waals surface area contributed by atoms with Gasteiger partial charge in [-0.3, -0.25) is 0 Å². The monoisotopic (exact) mass is 323 g/mol. The van der Waals surface area contributed by atoms with E-state index in [1.54, 1.807) is 4.90 Å². The van der Waals surface area contributed by atoms with Gasteiger partial charge in [-0.05, 0) is 34.6 Å². The van der Waals surface area contributed by atoms with E-state index in [0.717, 1.165) is 5.56 Å². The lowest BCUT2D eigenvalue weighted by molar-refractivity contribution is 0.00552. The third-order valence-corrected chi connectivity index (χ3v) is 3.47.